The van der Waals surface area contributed by atoms with Crippen molar-refractivity contribution in [2.75, 3.05) is 0 Å². The van der Waals surface area contributed by atoms with Gasteiger partial charge in [-0.25, -0.2) is 0 Å². The van der Waals surface area contributed by atoms with E-state index in [-0.39, 0.29) is 16.7 Å². The zero-order valence-electron chi connectivity index (χ0n) is 16.0. The van der Waals surface area contributed by atoms with Gasteiger partial charge in [0.2, 0.25) is 0 Å². The quantitative estimate of drug-likeness (QED) is 0.461. The molecule has 134 valence electrons. The molecule has 0 spiro atoms. The van der Waals surface area contributed by atoms with E-state index in [1.54, 1.807) is 0 Å². The summed E-state index contributed by atoms with van der Waals surface area (Å²) in [7, 11) is 0. The lowest BCUT2D eigenvalue weighted by Crippen LogP contribution is -2.05. The van der Waals surface area contributed by atoms with E-state index in [1.807, 2.05) is 0 Å². The maximum atomic E-state index is 6.68. The maximum Gasteiger partial charge on any atom is 0.0804 e. The fraction of sp³-hybridized carbons (Fsp3) is 0.333. The van der Waals surface area contributed by atoms with Crippen molar-refractivity contribution in [1.29, 1.82) is 0 Å². The van der Waals surface area contributed by atoms with Gasteiger partial charge in [0.1, 0.15) is 0 Å². The molecule has 0 amide bonds. The molecule has 0 saturated heterocycles. The Hall–Kier alpha value is -1.50. The lowest BCUT2D eigenvalue weighted by molar-refractivity contribution is 0.907. The Morgan fingerprint density at radius 1 is 0.692 bits per heavy atom. The molecule has 0 nitrogen and oxygen atoms in total. The van der Waals surface area contributed by atoms with Gasteiger partial charge in [0.15, 0.2) is 0 Å². The van der Waals surface area contributed by atoms with Crippen LogP contribution in [0.25, 0.3) is 11.1 Å². The summed E-state index contributed by atoms with van der Waals surface area (Å²) in [5, 5.41) is -0.00975. The van der Waals surface area contributed by atoms with Crippen LogP contribution in [-0.4, -0.2) is 0 Å². The predicted octanol–water partition coefficient (Wildman–Crippen LogP) is 8.01. The van der Waals surface area contributed by atoms with Crippen LogP contribution in [0.2, 0.25) is 0 Å². The average Bonchev–Trinajstić information content (AvgIpc) is 3.02. The van der Waals surface area contributed by atoms with Crippen molar-refractivity contribution in [3.05, 3.63) is 80.9 Å². The molecule has 0 bridgehead atoms. The van der Waals surface area contributed by atoms with E-state index < -0.39 is 0 Å². The molecule has 0 aliphatic heterocycles. The van der Waals surface area contributed by atoms with Gasteiger partial charge < -0.3 is 0 Å². The molecule has 2 atom stereocenters. The summed E-state index contributed by atoms with van der Waals surface area (Å²) >= 11 is 13.4. The van der Waals surface area contributed by atoms with Gasteiger partial charge >= 0.3 is 0 Å². The van der Waals surface area contributed by atoms with E-state index in [2.05, 4.69) is 71.0 Å². The molecule has 0 saturated carbocycles. The number of benzene rings is 2. The molecular weight excluding hydrogens is 359 g/mol. The Labute approximate surface area is 166 Å². The lowest BCUT2D eigenvalue weighted by Gasteiger charge is -2.21. The van der Waals surface area contributed by atoms with Gasteiger partial charge in [-0.3, -0.25) is 0 Å². The molecule has 0 aromatic heterocycles. The molecule has 2 aromatic carbocycles. The van der Waals surface area contributed by atoms with Crippen molar-refractivity contribution in [2.24, 2.45) is 0 Å². The van der Waals surface area contributed by atoms with E-state index in [9.17, 15) is 0 Å². The fourth-order valence-electron chi connectivity index (χ4n) is 4.60. The second-order valence-corrected chi connectivity index (χ2v) is 8.56. The van der Waals surface area contributed by atoms with Crippen LogP contribution in [0.3, 0.4) is 0 Å². The maximum absolute atomic E-state index is 6.68. The number of hydrogen-bond acceptors (Lipinski definition) is 0. The molecular formula is C24H24Cl2. The summed E-state index contributed by atoms with van der Waals surface area (Å²) in [6.45, 7) is 11.0. The van der Waals surface area contributed by atoms with Crippen LogP contribution in [0.5, 0.6) is 0 Å². The van der Waals surface area contributed by atoms with Gasteiger partial charge in [0, 0.05) is 5.92 Å². The van der Waals surface area contributed by atoms with Gasteiger partial charge in [0.05, 0.1) is 10.8 Å². The SMILES string of the molecule is CC1=C(C)C(Cl)c2cccc(C(C)c3cccc4c3C(C)=C(C)C4Cl)c21. The first-order valence-electron chi connectivity index (χ1n) is 9.23. The molecule has 26 heavy (non-hydrogen) atoms. The highest BCUT2D eigenvalue weighted by molar-refractivity contribution is 6.25. The first kappa shape index (κ1) is 17.9. The Kier molecular flexibility index (Phi) is 4.33. The van der Waals surface area contributed by atoms with Gasteiger partial charge in [-0.05, 0) is 83.4 Å². The van der Waals surface area contributed by atoms with E-state index in [0.29, 0.717) is 0 Å². The highest BCUT2D eigenvalue weighted by atomic mass is 35.5. The van der Waals surface area contributed by atoms with Crippen molar-refractivity contribution < 1.29 is 0 Å². The van der Waals surface area contributed by atoms with Gasteiger partial charge in [0.25, 0.3) is 0 Å². The van der Waals surface area contributed by atoms with Crippen molar-refractivity contribution in [2.45, 2.75) is 51.3 Å². The summed E-state index contributed by atoms with van der Waals surface area (Å²) in [6.07, 6.45) is 0. The topological polar surface area (TPSA) is 0 Å². The monoisotopic (exact) mass is 382 g/mol. The normalized spacial score (nSPS) is 22.7. The van der Waals surface area contributed by atoms with Crippen molar-refractivity contribution in [3.63, 3.8) is 0 Å². The lowest BCUT2D eigenvalue weighted by atomic mass is 9.83. The summed E-state index contributed by atoms with van der Waals surface area (Å²) < 4.78 is 0. The predicted molar refractivity (Wildman–Crippen MR) is 114 cm³/mol. The van der Waals surface area contributed by atoms with Crippen LogP contribution in [0.1, 0.15) is 84.7 Å². The molecule has 0 radical (unpaired) electrons. The molecule has 0 heterocycles. The highest BCUT2D eigenvalue weighted by Gasteiger charge is 2.32. The van der Waals surface area contributed by atoms with Crippen LogP contribution in [0.4, 0.5) is 0 Å². The Bertz CT molecular complexity index is 898. The number of rotatable bonds is 2. The molecule has 2 aliphatic carbocycles. The Morgan fingerprint density at radius 2 is 1.08 bits per heavy atom. The second-order valence-electron chi connectivity index (χ2n) is 7.69. The number of allylic oxidation sites excluding steroid dienone is 4. The van der Waals surface area contributed by atoms with Crippen LogP contribution in [-0.2, 0) is 0 Å². The van der Waals surface area contributed by atoms with Crippen LogP contribution in [0.15, 0.2) is 47.5 Å². The number of halogens is 2. The number of fused-ring (bicyclic) bond motifs is 2. The molecule has 2 heteroatoms. The minimum atomic E-state index is -0.00487. The highest BCUT2D eigenvalue weighted by Crippen LogP contribution is 2.50. The van der Waals surface area contributed by atoms with Crippen LogP contribution in [0, 0.1) is 0 Å². The minimum Gasteiger partial charge on any atom is -0.113 e. The van der Waals surface area contributed by atoms with E-state index >= 15 is 0 Å². The van der Waals surface area contributed by atoms with E-state index in [0.717, 1.165) is 0 Å². The largest absolute Gasteiger partial charge is 0.113 e. The number of hydrogen-bond donors (Lipinski definition) is 0. The summed E-state index contributed by atoms with van der Waals surface area (Å²) in [4.78, 5) is 0. The minimum absolute atomic E-state index is 0.00487. The van der Waals surface area contributed by atoms with Crippen molar-refractivity contribution in [1.82, 2.24) is 0 Å². The zero-order chi connectivity index (χ0) is 18.7. The van der Waals surface area contributed by atoms with Gasteiger partial charge in [-0.2, -0.15) is 0 Å². The molecule has 4 rings (SSSR count). The number of alkyl halides is 2. The zero-order valence-corrected chi connectivity index (χ0v) is 17.5. The first-order valence-corrected chi connectivity index (χ1v) is 10.1. The molecule has 0 N–H and O–H groups in total. The standard InChI is InChI=1S/C24H24Cl2/c1-12-14(3)23(25)19-10-6-8-17(21(12)19)16(5)18-9-7-11-20-22(18)13(2)15(4)24(20)26/h6-11,16,23-24H,1-5H3. The molecule has 2 unspecified atom stereocenters. The fourth-order valence-corrected chi connectivity index (χ4v) is 5.29. The van der Waals surface area contributed by atoms with E-state index in [4.69, 9.17) is 23.2 Å². The van der Waals surface area contributed by atoms with Gasteiger partial charge in [-0.15, -0.1) is 23.2 Å². The summed E-state index contributed by atoms with van der Waals surface area (Å²) in [5.41, 5.74) is 13.1. The van der Waals surface area contributed by atoms with Crippen molar-refractivity contribution in [3.8, 4) is 0 Å². The first-order chi connectivity index (χ1) is 12.3. The summed E-state index contributed by atoms with van der Waals surface area (Å²) in [5.74, 6) is 0.286. The van der Waals surface area contributed by atoms with Crippen LogP contribution < -0.4 is 0 Å². The molecule has 2 aromatic rings. The average molecular weight is 383 g/mol. The third-order valence-electron chi connectivity index (χ3n) is 6.43. The third kappa shape index (κ3) is 2.35. The van der Waals surface area contributed by atoms with Crippen molar-refractivity contribution >= 4 is 34.3 Å². The third-order valence-corrected chi connectivity index (χ3v) is 7.56. The van der Waals surface area contributed by atoms with Gasteiger partial charge in [-0.1, -0.05) is 43.3 Å². The second kappa shape index (κ2) is 6.29. The molecule has 2 aliphatic rings. The van der Waals surface area contributed by atoms with E-state index in [1.165, 1.54) is 55.7 Å². The Morgan fingerprint density at radius 3 is 1.46 bits per heavy atom. The summed E-state index contributed by atoms with van der Waals surface area (Å²) in [6, 6.07) is 13.1. The Balaban J connectivity index is 1.91. The van der Waals surface area contributed by atoms with Crippen LogP contribution >= 0.6 is 23.2 Å². The smallest absolute Gasteiger partial charge is 0.0804 e. The molecule has 0 fully saturated rings.